The van der Waals surface area contributed by atoms with Crippen molar-refractivity contribution in [3.8, 4) is 0 Å². The van der Waals surface area contributed by atoms with Crippen molar-refractivity contribution in [1.29, 1.82) is 0 Å². The van der Waals surface area contributed by atoms with Crippen molar-refractivity contribution in [2.45, 2.75) is 25.7 Å². The molecule has 134 valence electrons. The number of hydrogen-bond acceptors (Lipinski definition) is 4. The lowest BCUT2D eigenvalue weighted by Crippen LogP contribution is -2.36. The van der Waals surface area contributed by atoms with Gasteiger partial charge in [0.05, 0.1) is 23.8 Å². The Morgan fingerprint density at radius 3 is 2.36 bits per heavy atom. The van der Waals surface area contributed by atoms with E-state index in [1.165, 1.54) is 0 Å². The smallest absolute Gasteiger partial charge is 0.262 e. The maximum absolute atomic E-state index is 12.9. The van der Waals surface area contributed by atoms with Crippen LogP contribution in [0.4, 0.5) is 11.4 Å². The Bertz CT molecular complexity index is 872. The molecule has 1 aliphatic heterocycles. The number of rotatable bonds is 4. The van der Waals surface area contributed by atoms with E-state index in [4.69, 9.17) is 4.74 Å². The van der Waals surface area contributed by atoms with Gasteiger partial charge in [-0.15, -0.1) is 0 Å². The first-order valence-electron chi connectivity index (χ1n) is 8.40. The van der Waals surface area contributed by atoms with Gasteiger partial charge in [-0.25, -0.2) is 8.42 Å². The van der Waals surface area contributed by atoms with Crippen molar-refractivity contribution in [1.82, 2.24) is 0 Å². The van der Waals surface area contributed by atoms with Gasteiger partial charge in [0.15, 0.2) is 0 Å². The summed E-state index contributed by atoms with van der Waals surface area (Å²) in [6.07, 6.45) is 0. The lowest BCUT2D eigenvalue weighted by molar-refractivity contribution is 0.122. The minimum absolute atomic E-state index is 0.323. The topological polar surface area (TPSA) is 58.6 Å². The summed E-state index contributed by atoms with van der Waals surface area (Å²) in [5, 5.41) is 0. The molecule has 0 saturated carbocycles. The Morgan fingerprint density at radius 1 is 0.960 bits per heavy atom. The maximum Gasteiger partial charge on any atom is 0.262 e. The molecule has 0 spiro atoms. The highest BCUT2D eigenvalue weighted by molar-refractivity contribution is 7.92. The van der Waals surface area contributed by atoms with Gasteiger partial charge in [0.2, 0.25) is 0 Å². The van der Waals surface area contributed by atoms with E-state index in [-0.39, 0.29) is 0 Å². The molecule has 0 amide bonds. The molecule has 2 aromatic carbocycles. The summed E-state index contributed by atoms with van der Waals surface area (Å²) in [6, 6.07) is 11.3. The molecule has 1 N–H and O–H groups in total. The largest absolute Gasteiger partial charge is 0.378 e. The lowest BCUT2D eigenvalue weighted by Gasteiger charge is -2.29. The van der Waals surface area contributed by atoms with Crippen molar-refractivity contribution in [3.63, 3.8) is 0 Å². The second-order valence-corrected chi connectivity index (χ2v) is 8.12. The summed E-state index contributed by atoms with van der Waals surface area (Å²) in [4.78, 5) is 2.53. The quantitative estimate of drug-likeness (QED) is 0.909. The van der Waals surface area contributed by atoms with E-state index in [1.54, 1.807) is 6.07 Å². The van der Waals surface area contributed by atoms with Gasteiger partial charge in [-0.2, -0.15) is 0 Å². The van der Waals surface area contributed by atoms with Crippen LogP contribution in [0.1, 0.15) is 16.7 Å². The molecule has 0 radical (unpaired) electrons. The summed E-state index contributed by atoms with van der Waals surface area (Å²) in [6.45, 7) is 8.62. The zero-order valence-corrected chi connectivity index (χ0v) is 15.7. The first-order valence-corrected chi connectivity index (χ1v) is 9.88. The molecular weight excluding hydrogens is 336 g/mol. The minimum atomic E-state index is -3.63. The lowest BCUT2D eigenvalue weighted by atomic mass is 10.1. The molecule has 1 fully saturated rings. The molecule has 1 saturated heterocycles. The van der Waals surface area contributed by atoms with Crippen LogP contribution in [0.2, 0.25) is 0 Å². The number of sulfonamides is 1. The van der Waals surface area contributed by atoms with Crippen LogP contribution in [0, 0.1) is 20.8 Å². The standard InChI is InChI=1S/C19H24N2O3S/c1-14-4-5-16(3)19(12-14)25(22,23)20-18-13-17(7-6-15(18)2)21-8-10-24-11-9-21/h4-7,12-13,20H,8-11H2,1-3H3. The molecule has 25 heavy (non-hydrogen) atoms. The van der Waals surface area contributed by atoms with Gasteiger partial charge in [0.1, 0.15) is 0 Å². The van der Waals surface area contributed by atoms with Crippen LogP contribution in [-0.4, -0.2) is 34.7 Å². The predicted molar refractivity (Wildman–Crippen MR) is 101 cm³/mol. The molecule has 1 aliphatic rings. The zero-order valence-electron chi connectivity index (χ0n) is 14.9. The van der Waals surface area contributed by atoms with Gasteiger partial charge in [-0.05, 0) is 55.7 Å². The van der Waals surface area contributed by atoms with Crippen LogP contribution >= 0.6 is 0 Å². The van der Waals surface area contributed by atoms with Crippen LogP contribution < -0.4 is 9.62 Å². The molecule has 3 rings (SSSR count). The first-order chi connectivity index (χ1) is 11.9. The van der Waals surface area contributed by atoms with Crippen molar-refractivity contribution in [2.75, 3.05) is 35.9 Å². The average Bonchev–Trinajstić information content (AvgIpc) is 2.59. The number of ether oxygens (including phenoxy) is 1. The van der Waals surface area contributed by atoms with E-state index in [2.05, 4.69) is 9.62 Å². The van der Waals surface area contributed by atoms with Crippen LogP contribution in [0.25, 0.3) is 0 Å². The zero-order chi connectivity index (χ0) is 18.0. The molecule has 1 heterocycles. The Kier molecular flexibility index (Phi) is 5.01. The fourth-order valence-electron chi connectivity index (χ4n) is 2.93. The fourth-order valence-corrected chi connectivity index (χ4v) is 4.39. The second kappa shape index (κ2) is 7.06. The molecule has 0 atom stereocenters. The number of hydrogen-bond donors (Lipinski definition) is 1. The maximum atomic E-state index is 12.9. The highest BCUT2D eigenvalue weighted by Gasteiger charge is 2.19. The number of nitrogens with one attached hydrogen (secondary N) is 1. The van der Waals surface area contributed by atoms with Crippen LogP contribution in [-0.2, 0) is 14.8 Å². The third-order valence-corrected chi connectivity index (χ3v) is 5.98. The highest BCUT2D eigenvalue weighted by atomic mass is 32.2. The molecule has 5 nitrogen and oxygen atoms in total. The van der Waals surface area contributed by atoms with Gasteiger partial charge in [0.25, 0.3) is 10.0 Å². The molecule has 6 heteroatoms. The summed E-state index contributed by atoms with van der Waals surface area (Å²) in [5.74, 6) is 0. The number of nitrogens with zero attached hydrogens (tertiary/aromatic N) is 1. The fraction of sp³-hybridized carbons (Fsp3) is 0.368. The third-order valence-electron chi connectivity index (χ3n) is 4.47. The van der Waals surface area contributed by atoms with Crippen LogP contribution in [0.15, 0.2) is 41.3 Å². The Hall–Kier alpha value is -2.05. The molecular formula is C19H24N2O3S. The van der Waals surface area contributed by atoms with Gasteiger partial charge >= 0.3 is 0 Å². The molecule has 0 bridgehead atoms. The summed E-state index contributed by atoms with van der Waals surface area (Å²) in [7, 11) is -3.63. The number of anilines is 2. The average molecular weight is 360 g/mol. The first kappa shape index (κ1) is 17.8. The normalized spacial score (nSPS) is 15.2. The molecule has 2 aromatic rings. The van der Waals surface area contributed by atoms with Crippen molar-refractivity contribution in [3.05, 3.63) is 53.1 Å². The third kappa shape index (κ3) is 3.96. The van der Waals surface area contributed by atoms with E-state index < -0.39 is 10.0 Å². The summed E-state index contributed by atoms with van der Waals surface area (Å²) in [5.41, 5.74) is 4.17. The van der Waals surface area contributed by atoms with Crippen LogP contribution in [0.5, 0.6) is 0 Å². The molecule has 0 aliphatic carbocycles. The Morgan fingerprint density at radius 2 is 1.64 bits per heavy atom. The van der Waals surface area contributed by atoms with Crippen molar-refractivity contribution >= 4 is 21.4 Å². The highest BCUT2D eigenvalue weighted by Crippen LogP contribution is 2.27. The van der Waals surface area contributed by atoms with E-state index in [1.807, 2.05) is 51.1 Å². The van der Waals surface area contributed by atoms with Gasteiger partial charge < -0.3 is 9.64 Å². The van der Waals surface area contributed by atoms with E-state index >= 15 is 0 Å². The van der Waals surface area contributed by atoms with Gasteiger partial charge in [0, 0.05) is 18.8 Å². The van der Waals surface area contributed by atoms with Crippen molar-refractivity contribution in [2.24, 2.45) is 0 Å². The van der Waals surface area contributed by atoms with Crippen molar-refractivity contribution < 1.29 is 13.2 Å². The number of aryl methyl sites for hydroxylation is 3. The Balaban J connectivity index is 1.92. The monoisotopic (exact) mass is 360 g/mol. The van der Waals surface area contributed by atoms with E-state index in [9.17, 15) is 8.42 Å². The van der Waals surface area contributed by atoms with Crippen LogP contribution in [0.3, 0.4) is 0 Å². The van der Waals surface area contributed by atoms with E-state index in [0.717, 1.165) is 35.5 Å². The summed E-state index contributed by atoms with van der Waals surface area (Å²) < 4.78 is 33.9. The Labute approximate surface area is 149 Å². The number of benzene rings is 2. The van der Waals surface area contributed by atoms with Gasteiger partial charge in [-0.1, -0.05) is 18.2 Å². The van der Waals surface area contributed by atoms with Gasteiger partial charge in [-0.3, -0.25) is 4.72 Å². The minimum Gasteiger partial charge on any atom is -0.378 e. The molecule has 0 aromatic heterocycles. The molecule has 0 unspecified atom stereocenters. The second-order valence-electron chi connectivity index (χ2n) is 6.47. The summed E-state index contributed by atoms with van der Waals surface area (Å²) >= 11 is 0. The predicted octanol–water partition coefficient (Wildman–Crippen LogP) is 3.25. The number of morpholine rings is 1. The van der Waals surface area contributed by atoms with E-state index in [0.29, 0.717) is 23.8 Å². The SMILES string of the molecule is Cc1ccc(C)c(S(=O)(=O)Nc2cc(N3CCOCC3)ccc2C)c1.